The number of hydrogen-bond donors (Lipinski definition) is 2. The summed E-state index contributed by atoms with van der Waals surface area (Å²) in [6, 6.07) is 8.03. The molecule has 5 nitrogen and oxygen atoms in total. The molecule has 0 saturated heterocycles. The van der Waals surface area contributed by atoms with E-state index in [2.05, 4.69) is 20.5 Å². The van der Waals surface area contributed by atoms with Gasteiger partial charge >= 0.3 is 0 Å². The van der Waals surface area contributed by atoms with Crippen molar-refractivity contribution in [2.24, 2.45) is 0 Å². The van der Waals surface area contributed by atoms with E-state index in [9.17, 15) is 4.79 Å². The second-order valence-corrected chi connectivity index (χ2v) is 5.09. The molecule has 2 N–H and O–H groups in total. The fraction of sp³-hybridized carbons (Fsp3) is 0.308. The molecular formula is C13H16N4OS. The summed E-state index contributed by atoms with van der Waals surface area (Å²) in [7, 11) is 0. The zero-order chi connectivity index (χ0) is 13.8. The van der Waals surface area contributed by atoms with E-state index in [4.69, 9.17) is 0 Å². The Bertz CT molecular complexity index is 564. The molecule has 0 aliphatic carbocycles. The van der Waals surface area contributed by atoms with Crippen molar-refractivity contribution in [1.29, 1.82) is 0 Å². The van der Waals surface area contributed by atoms with E-state index in [1.165, 1.54) is 4.90 Å². The Kier molecular flexibility index (Phi) is 4.21. The molecule has 1 aromatic heterocycles. The number of amides is 1. The minimum atomic E-state index is -0.272. The van der Waals surface area contributed by atoms with Crippen molar-refractivity contribution < 1.29 is 4.79 Å². The molecule has 6 heteroatoms. The van der Waals surface area contributed by atoms with Gasteiger partial charge in [0.05, 0.1) is 6.04 Å². The lowest BCUT2D eigenvalue weighted by molar-refractivity contribution is 0.0929. The van der Waals surface area contributed by atoms with Crippen LogP contribution in [0.2, 0.25) is 0 Å². The molecule has 0 aliphatic rings. The number of rotatable bonds is 4. The van der Waals surface area contributed by atoms with E-state index in [0.717, 1.165) is 5.56 Å². The van der Waals surface area contributed by atoms with Crippen LogP contribution in [0.15, 0.2) is 29.2 Å². The van der Waals surface area contributed by atoms with Crippen molar-refractivity contribution in [2.45, 2.75) is 24.8 Å². The molecule has 1 unspecified atom stereocenters. The Balaban J connectivity index is 2.03. The molecule has 0 aliphatic heterocycles. The predicted molar refractivity (Wildman–Crippen MR) is 75.2 cm³/mol. The Morgan fingerprint density at radius 3 is 2.58 bits per heavy atom. The van der Waals surface area contributed by atoms with Gasteiger partial charge in [-0.05, 0) is 37.8 Å². The zero-order valence-electron chi connectivity index (χ0n) is 11.1. The first-order valence-electron chi connectivity index (χ1n) is 5.94. The number of aryl methyl sites for hydroxylation is 1. The number of thioether (sulfide) groups is 1. The molecule has 1 heterocycles. The number of carbonyl (C=O) groups excluding carboxylic acids is 1. The third kappa shape index (κ3) is 3.35. The monoisotopic (exact) mass is 276 g/mol. The molecule has 0 saturated carbocycles. The highest BCUT2D eigenvalue weighted by atomic mass is 32.2. The van der Waals surface area contributed by atoms with E-state index < -0.39 is 0 Å². The standard InChI is InChI=1S/C13H16N4OS/c1-8(10-4-6-11(19-3)7-5-10)14-13(18)12-15-9(2)16-17-12/h4-8H,1-3H3,(H,14,18)(H,15,16,17). The third-order valence-corrected chi connectivity index (χ3v) is 3.51. The van der Waals surface area contributed by atoms with Gasteiger partial charge in [-0.25, -0.2) is 4.98 Å². The number of hydrogen-bond acceptors (Lipinski definition) is 4. The Hall–Kier alpha value is -1.82. The first-order valence-corrected chi connectivity index (χ1v) is 7.16. The van der Waals surface area contributed by atoms with E-state index in [0.29, 0.717) is 5.82 Å². The molecule has 2 aromatic rings. The third-order valence-electron chi connectivity index (χ3n) is 2.76. The summed E-state index contributed by atoms with van der Waals surface area (Å²) in [6.07, 6.45) is 2.03. The van der Waals surface area contributed by atoms with Crippen molar-refractivity contribution in [3.63, 3.8) is 0 Å². The number of benzene rings is 1. The van der Waals surface area contributed by atoms with Crippen LogP contribution in [0.25, 0.3) is 0 Å². The quantitative estimate of drug-likeness (QED) is 0.841. The summed E-state index contributed by atoms with van der Waals surface area (Å²) in [5.74, 6) is 0.526. The van der Waals surface area contributed by atoms with Gasteiger partial charge in [-0.15, -0.1) is 16.9 Å². The normalized spacial score (nSPS) is 12.2. The minimum absolute atomic E-state index is 0.0813. The minimum Gasteiger partial charge on any atom is -0.343 e. The Labute approximate surface area is 116 Å². The highest BCUT2D eigenvalue weighted by molar-refractivity contribution is 7.98. The molecule has 1 aromatic carbocycles. The van der Waals surface area contributed by atoms with Crippen molar-refractivity contribution in [3.05, 3.63) is 41.5 Å². The molecule has 1 atom stereocenters. The zero-order valence-corrected chi connectivity index (χ0v) is 11.9. The SMILES string of the molecule is CSc1ccc(C(C)NC(=O)c2n[nH]c(C)n2)cc1. The lowest BCUT2D eigenvalue weighted by Crippen LogP contribution is -2.27. The predicted octanol–water partition coefficient (Wildman–Crippen LogP) is 2.33. The lowest BCUT2D eigenvalue weighted by atomic mass is 10.1. The number of H-pyrrole nitrogens is 1. The van der Waals surface area contributed by atoms with Crippen molar-refractivity contribution >= 4 is 17.7 Å². The van der Waals surface area contributed by atoms with Crippen molar-refractivity contribution in [3.8, 4) is 0 Å². The van der Waals surface area contributed by atoms with Crippen molar-refractivity contribution in [1.82, 2.24) is 20.5 Å². The highest BCUT2D eigenvalue weighted by Crippen LogP contribution is 2.18. The second-order valence-electron chi connectivity index (χ2n) is 4.21. The summed E-state index contributed by atoms with van der Waals surface area (Å²) in [5.41, 5.74) is 1.05. The van der Waals surface area contributed by atoms with Gasteiger partial charge in [0.15, 0.2) is 0 Å². The topological polar surface area (TPSA) is 70.7 Å². The fourth-order valence-electron chi connectivity index (χ4n) is 1.68. The molecule has 0 spiro atoms. The number of aromatic nitrogens is 3. The van der Waals surface area contributed by atoms with Crippen LogP contribution in [0.5, 0.6) is 0 Å². The summed E-state index contributed by atoms with van der Waals surface area (Å²) in [5, 5.41) is 9.36. The maximum Gasteiger partial charge on any atom is 0.291 e. The van der Waals surface area contributed by atoms with E-state index in [1.54, 1.807) is 18.7 Å². The van der Waals surface area contributed by atoms with Crippen LogP contribution < -0.4 is 5.32 Å². The van der Waals surface area contributed by atoms with Crippen LogP contribution in [-0.4, -0.2) is 27.3 Å². The molecule has 1 amide bonds. The molecule has 100 valence electrons. The average Bonchev–Trinajstić information content (AvgIpc) is 2.85. The van der Waals surface area contributed by atoms with E-state index in [-0.39, 0.29) is 17.8 Å². The summed E-state index contributed by atoms with van der Waals surface area (Å²) in [6.45, 7) is 3.69. The van der Waals surface area contributed by atoms with Gasteiger partial charge in [0.1, 0.15) is 5.82 Å². The lowest BCUT2D eigenvalue weighted by Gasteiger charge is -2.13. The fourth-order valence-corrected chi connectivity index (χ4v) is 2.09. The first kappa shape index (κ1) is 13.6. The first-order chi connectivity index (χ1) is 9.10. The van der Waals surface area contributed by atoms with Gasteiger partial charge in [-0.2, -0.15) is 0 Å². The smallest absolute Gasteiger partial charge is 0.291 e. The van der Waals surface area contributed by atoms with Crippen molar-refractivity contribution in [2.75, 3.05) is 6.26 Å². The molecule has 19 heavy (non-hydrogen) atoms. The second kappa shape index (κ2) is 5.88. The molecule has 2 rings (SSSR count). The largest absolute Gasteiger partial charge is 0.343 e. The van der Waals surface area contributed by atoms with E-state index >= 15 is 0 Å². The summed E-state index contributed by atoms with van der Waals surface area (Å²) < 4.78 is 0. The Morgan fingerprint density at radius 1 is 1.37 bits per heavy atom. The summed E-state index contributed by atoms with van der Waals surface area (Å²) in [4.78, 5) is 17.1. The number of nitrogens with zero attached hydrogens (tertiary/aromatic N) is 2. The molecule has 0 radical (unpaired) electrons. The van der Waals surface area contributed by atoms with Crippen LogP contribution in [0.4, 0.5) is 0 Å². The van der Waals surface area contributed by atoms with Gasteiger partial charge in [0.25, 0.3) is 5.91 Å². The Morgan fingerprint density at radius 2 is 2.05 bits per heavy atom. The van der Waals surface area contributed by atoms with Gasteiger partial charge in [0, 0.05) is 4.90 Å². The van der Waals surface area contributed by atoms with Crippen LogP contribution in [0, 0.1) is 6.92 Å². The average molecular weight is 276 g/mol. The van der Waals surface area contributed by atoms with Gasteiger partial charge in [-0.1, -0.05) is 12.1 Å². The number of carbonyl (C=O) groups is 1. The van der Waals surface area contributed by atoms with Gasteiger partial charge in [-0.3, -0.25) is 9.89 Å². The molecular weight excluding hydrogens is 260 g/mol. The molecule has 0 fully saturated rings. The number of aromatic amines is 1. The van der Waals surface area contributed by atoms with Crippen LogP contribution >= 0.6 is 11.8 Å². The highest BCUT2D eigenvalue weighted by Gasteiger charge is 2.14. The van der Waals surface area contributed by atoms with E-state index in [1.807, 2.05) is 37.4 Å². The maximum atomic E-state index is 11.9. The van der Waals surface area contributed by atoms with Crippen LogP contribution in [-0.2, 0) is 0 Å². The van der Waals surface area contributed by atoms with Crippen LogP contribution in [0.1, 0.15) is 35.0 Å². The van der Waals surface area contributed by atoms with Gasteiger partial charge in [0.2, 0.25) is 5.82 Å². The summed E-state index contributed by atoms with van der Waals surface area (Å²) >= 11 is 1.69. The van der Waals surface area contributed by atoms with Gasteiger partial charge < -0.3 is 5.32 Å². The molecule has 0 bridgehead atoms. The number of nitrogens with one attached hydrogen (secondary N) is 2. The maximum absolute atomic E-state index is 11.9. The van der Waals surface area contributed by atoms with Crippen LogP contribution in [0.3, 0.4) is 0 Å².